The Morgan fingerprint density at radius 1 is 1.18 bits per heavy atom. The van der Waals surface area contributed by atoms with Crippen molar-refractivity contribution in [3.63, 3.8) is 0 Å². The monoisotopic (exact) mass is 488 g/mol. The molecule has 0 aliphatic rings. The summed E-state index contributed by atoms with van der Waals surface area (Å²) in [6, 6.07) is 11.4. The molecule has 0 saturated heterocycles. The summed E-state index contributed by atoms with van der Waals surface area (Å²) in [5, 5.41) is 5.97. The lowest BCUT2D eigenvalue weighted by atomic mass is 10.1. The summed E-state index contributed by atoms with van der Waals surface area (Å²) < 4.78 is 1.94. The highest BCUT2D eigenvalue weighted by Crippen LogP contribution is 2.23. The molecule has 1 amide bonds. The first-order valence-electron chi connectivity index (χ1n) is 6.51. The summed E-state index contributed by atoms with van der Waals surface area (Å²) in [6.45, 7) is 4.01. The third-order valence-electron chi connectivity index (χ3n) is 3.03. The minimum Gasteiger partial charge on any atom is -0.331 e. The van der Waals surface area contributed by atoms with Gasteiger partial charge in [-0.2, -0.15) is 0 Å². The van der Waals surface area contributed by atoms with E-state index in [-0.39, 0.29) is 11.0 Å². The van der Waals surface area contributed by atoms with Crippen LogP contribution in [0.25, 0.3) is 0 Å². The van der Waals surface area contributed by atoms with E-state index in [0.717, 1.165) is 24.9 Å². The van der Waals surface area contributed by atoms with Crippen molar-refractivity contribution in [2.75, 3.05) is 5.32 Å². The molecule has 0 unspecified atom stereocenters. The van der Waals surface area contributed by atoms with Gasteiger partial charge in [-0.15, -0.1) is 0 Å². The zero-order valence-corrected chi connectivity index (χ0v) is 16.6. The van der Waals surface area contributed by atoms with E-state index in [4.69, 9.17) is 12.2 Å². The minimum atomic E-state index is -0.223. The summed E-state index contributed by atoms with van der Waals surface area (Å²) in [5.74, 6) is -0.223. The first-order chi connectivity index (χ1) is 10.4. The number of rotatable bonds is 2. The second-order valence-corrected chi connectivity index (χ2v) is 7.28. The lowest BCUT2D eigenvalue weighted by Crippen LogP contribution is -2.34. The fourth-order valence-corrected chi connectivity index (χ4v) is 3.09. The third kappa shape index (κ3) is 4.50. The van der Waals surface area contributed by atoms with Gasteiger partial charge in [0.2, 0.25) is 0 Å². The van der Waals surface area contributed by atoms with Gasteiger partial charge < -0.3 is 5.32 Å². The van der Waals surface area contributed by atoms with Crippen LogP contribution >= 0.6 is 50.7 Å². The molecule has 0 bridgehead atoms. The Hall–Kier alpha value is -0.990. The van der Waals surface area contributed by atoms with Crippen LogP contribution in [0.15, 0.2) is 40.9 Å². The Bertz CT molecular complexity index is 749. The molecule has 2 N–H and O–H groups in total. The summed E-state index contributed by atoms with van der Waals surface area (Å²) in [6.07, 6.45) is 0. The molecule has 0 heterocycles. The molecule has 0 radical (unpaired) electrons. The van der Waals surface area contributed by atoms with Crippen LogP contribution in [0.3, 0.4) is 0 Å². The van der Waals surface area contributed by atoms with E-state index >= 15 is 0 Å². The Morgan fingerprint density at radius 2 is 1.91 bits per heavy atom. The molecular weight excluding hydrogens is 475 g/mol. The van der Waals surface area contributed by atoms with Gasteiger partial charge in [0.25, 0.3) is 5.91 Å². The second kappa shape index (κ2) is 7.52. The molecule has 22 heavy (non-hydrogen) atoms. The lowest BCUT2D eigenvalue weighted by molar-refractivity contribution is 0.0977. The van der Waals surface area contributed by atoms with Crippen molar-refractivity contribution < 1.29 is 4.79 Å². The first-order valence-corrected chi connectivity index (χ1v) is 8.79. The Morgan fingerprint density at radius 3 is 2.55 bits per heavy atom. The Kier molecular flexibility index (Phi) is 5.94. The molecule has 0 atom stereocenters. The molecule has 2 rings (SSSR count). The number of nitrogens with one attached hydrogen (secondary N) is 2. The van der Waals surface area contributed by atoms with Crippen LogP contribution in [-0.2, 0) is 0 Å². The molecule has 0 saturated carbocycles. The molecule has 3 nitrogen and oxygen atoms in total. The summed E-state index contributed by atoms with van der Waals surface area (Å²) in [4.78, 5) is 12.2. The molecule has 0 aromatic heterocycles. The number of anilines is 1. The molecule has 0 fully saturated rings. The van der Waals surface area contributed by atoms with E-state index in [1.54, 1.807) is 6.07 Å². The number of halogens is 2. The highest BCUT2D eigenvalue weighted by Gasteiger charge is 2.10. The van der Waals surface area contributed by atoms with E-state index in [2.05, 4.69) is 49.2 Å². The average molecular weight is 489 g/mol. The van der Waals surface area contributed by atoms with Crippen molar-refractivity contribution in [1.29, 1.82) is 0 Å². The van der Waals surface area contributed by atoms with Crippen LogP contribution in [0, 0.1) is 17.4 Å². The zero-order chi connectivity index (χ0) is 16.3. The van der Waals surface area contributed by atoms with Gasteiger partial charge in [0.15, 0.2) is 5.11 Å². The quantitative estimate of drug-likeness (QED) is 0.471. The zero-order valence-electron chi connectivity index (χ0n) is 12.0. The fourth-order valence-electron chi connectivity index (χ4n) is 1.78. The second-order valence-electron chi connectivity index (χ2n) is 4.86. The molecule has 114 valence electrons. The first kappa shape index (κ1) is 17.4. The molecule has 2 aromatic carbocycles. The van der Waals surface area contributed by atoms with Crippen molar-refractivity contribution in [3.05, 3.63) is 61.1 Å². The molecule has 6 heteroatoms. The van der Waals surface area contributed by atoms with Crippen LogP contribution in [0.5, 0.6) is 0 Å². The van der Waals surface area contributed by atoms with E-state index in [1.165, 1.54) is 0 Å². The highest BCUT2D eigenvalue weighted by molar-refractivity contribution is 14.1. The van der Waals surface area contributed by atoms with Crippen molar-refractivity contribution in [1.82, 2.24) is 5.32 Å². The Balaban J connectivity index is 2.05. The van der Waals surface area contributed by atoms with Gasteiger partial charge in [-0.1, -0.05) is 12.1 Å². The maximum Gasteiger partial charge on any atom is 0.257 e. The van der Waals surface area contributed by atoms with Crippen molar-refractivity contribution in [3.8, 4) is 0 Å². The summed E-state index contributed by atoms with van der Waals surface area (Å²) in [5.41, 5.74) is 3.68. The normalized spacial score (nSPS) is 10.2. The van der Waals surface area contributed by atoms with Crippen LogP contribution in [0.1, 0.15) is 21.5 Å². The number of benzene rings is 2. The summed E-state index contributed by atoms with van der Waals surface area (Å²) >= 11 is 10.9. The number of carbonyl (C=O) groups is 1. The number of hydrogen-bond donors (Lipinski definition) is 2. The van der Waals surface area contributed by atoms with E-state index < -0.39 is 0 Å². The third-order valence-corrected chi connectivity index (χ3v) is 5.06. The van der Waals surface area contributed by atoms with Gasteiger partial charge in [0.05, 0.1) is 5.69 Å². The van der Waals surface area contributed by atoms with Gasteiger partial charge in [-0.3, -0.25) is 10.1 Å². The molecule has 2 aromatic rings. The number of amides is 1. The van der Waals surface area contributed by atoms with Crippen LogP contribution in [-0.4, -0.2) is 11.0 Å². The van der Waals surface area contributed by atoms with Crippen molar-refractivity contribution >= 4 is 67.4 Å². The number of carbonyl (C=O) groups excluding carboxylic acids is 1. The van der Waals surface area contributed by atoms with Crippen molar-refractivity contribution in [2.24, 2.45) is 0 Å². The predicted molar refractivity (Wildman–Crippen MR) is 106 cm³/mol. The average Bonchev–Trinajstić information content (AvgIpc) is 2.45. The fraction of sp³-hybridized carbons (Fsp3) is 0.125. The van der Waals surface area contributed by atoms with Crippen LogP contribution < -0.4 is 10.6 Å². The van der Waals surface area contributed by atoms with Crippen LogP contribution in [0.4, 0.5) is 5.69 Å². The van der Waals surface area contributed by atoms with Gasteiger partial charge in [-0.25, -0.2) is 0 Å². The van der Waals surface area contributed by atoms with E-state index in [9.17, 15) is 4.79 Å². The molecule has 0 spiro atoms. The van der Waals surface area contributed by atoms with Crippen molar-refractivity contribution in [2.45, 2.75) is 13.8 Å². The van der Waals surface area contributed by atoms with E-state index in [1.807, 2.05) is 44.2 Å². The number of aryl methyl sites for hydroxylation is 2. The maximum atomic E-state index is 12.2. The predicted octanol–water partition coefficient (Wildman–Crippen LogP) is 4.80. The topological polar surface area (TPSA) is 41.1 Å². The maximum absolute atomic E-state index is 12.2. The van der Waals surface area contributed by atoms with Gasteiger partial charge in [-0.05, 0) is 100.0 Å². The van der Waals surface area contributed by atoms with Gasteiger partial charge in [0, 0.05) is 13.6 Å². The standard InChI is InChI=1S/C16H14BrIN2OS/c1-9-3-6-14(12(17)7-9)19-16(22)20-15(21)11-5-4-10(2)13(18)8-11/h3-8H,1-2H3,(H2,19,20,21,22). The van der Waals surface area contributed by atoms with E-state index in [0.29, 0.717) is 5.56 Å². The highest BCUT2D eigenvalue weighted by atomic mass is 127. The summed E-state index contributed by atoms with van der Waals surface area (Å²) in [7, 11) is 0. The SMILES string of the molecule is Cc1ccc(NC(=S)NC(=O)c2ccc(C)c(I)c2)c(Br)c1. The molecule has 0 aliphatic carbocycles. The molecular formula is C16H14BrIN2OS. The molecule has 0 aliphatic heterocycles. The number of thiocarbonyl (C=S) groups is 1. The smallest absolute Gasteiger partial charge is 0.257 e. The van der Waals surface area contributed by atoms with Gasteiger partial charge in [0.1, 0.15) is 0 Å². The van der Waals surface area contributed by atoms with Gasteiger partial charge >= 0.3 is 0 Å². The largest absolute Gasteiger partial charge is 0.331 e. The van der Waals surface area contributed by atoms with Crippen LogP contribution in [0.2, 0.25) is 0 Å². The lowest BCUT2D eigenvalue weighted by Gasteiger charge is -2.12. The minimum absolute atomic E-state index is 0.223. The Labute approximate surface area is 157 Å². The number of hydrogen-bond acceptors (Lipinski definition) is 2.